The van der Waals surface area contributed by atoms with Crippen LogP contribution in [0.1, 0.15) is 34.2 Å². The zero-order valence-corrected chi connectivity index (χ0v) is 10.9. The van der Waals surface area contributed by atoms with E-state index in [0.29, 0.717) is 18.7 Å². The Morgan fingerprint density at radius 3 is 3.17 bits per heavy atom. The second-order valence-corrected chi connectivity index (χ2v) is 4.82. The van der Waals surface area contributed by atoms with Crippen LogP contribution in [0.3, 0.4) is 0 Å². The Bertz CT molecular complexity index is 507. The first-order valence-corrected chi connectivity index (χ1v) is 6.57. The van der Waals surface area contributed by atoms with Crippen LogP contribution in [-0.2, 0) is 6.42 Å². The summed E-state index contributed by atoms with van der Waals surface area (Å²) in [5.41, 5.74) is 5.88. The van der Waals surface area contributed by atoms with Crippen molar-refractivity contribution in [3.05, 3.63) is 40.2 Å². The molecule has 0 radical (unpaired) electrons. The second kappa shape index (κ2) is 5.79. The molecule has 1 atom stereocenters. The molecule has 0 aromatic carbocycles. The monoisotopic (exact) mass is 265 g/mol. The van der Waals surface area contributed by atoms with Crippen molar-refractivity contribution in [2.24, 2.45) is 5.73 Å². The molecule has 5 nitrogen and oxygen atoms in total. The van der Waals surface area contributed by atoms with E-state index in [-0.39, 0.29) is 11.9 Å². The largest absolute Gasteiger partial charge is 0.467 e. The van der Waals surface area contributed by atoms with Crippen molar-refractivity contribution in [3.63, 3.8) is 0 Å². The average molecular weight is 265 g/mol. The molecular weight excluding hydrogens is 250 g/mol. The Morgan fingerprint density at radius 1 is 1.67 bits per heavy atom. The zero-order valence-electron chi connectivity index (χ0n) is 10.1. The topological polar surface area (TPSA) is 81.2 Å². The Kier molecular flexibility index (Phi) is 4.11. The van der Waals surface area contributed by atoms with Gasteiger partial charge < -0.3 is 15.5 Å². The predicted octanol–water partition coefficient (Wildman–Crippen LogP) is 1.73. The lowest BCUT2D eigenvalue weighted by atomic mass is 10.2. The molecule has 6 heteroatoms. The molecule has 0 bridgehead atoms. The molecule has 2 aromatic heterocycles. The fourth-order valence-corrected chi connectivity index (χ4v) is 2.33. The SMILES string of the molecule is C[C@H](NC(=O)c1csc(CCN)n1)c1ccco1. The number of nitrogens with two attached hydrogens (primary N) is 1. The molecule has 0 saturated carbocycles. The van der Waals surface area contributed by atoms with Gasteiger partial charge in [0.05, 0.1) is 17.3 Å². The summed E-state index contributed by atoms with van der Waals surface area (Å²) in [6.45, 7) is 2.40. The highest BCUT2D eigenvalue weighted by Gasteiger charge is 2.15. The Balaban J connectivity index is 1.98. The maximum absolute atomic E-state index is 11.9. The van der Waals surface area contributed by atoms with Crippen molar-refractivity contribution < 1.29 is 9.21 Å². The number of carbonyl (C=O) groups is 1. The van der Waals surface area contributed by atoms with Crippen molar-refractivity contribution in [1.82, 2.24) is 10.3 Å². The van der Waals surface area contributed by atoms with E-state index in [1.807, 2.05) is 13.0 Å². The summed E-state index contributed by atoms with van der Waals surface area (Å²) in [5, 5.41) is 5.46. The van der Waals surface area contributed by atoms with Gasteiger partial charge in [0, 0.05) is 11.8 Å². The number of hydrogen-bond acceptors (Lipinski definition) is 5. The molecule has 2 rings (SSSR count). The summed E-state index contributed by atoms with van der Waals surface area (Å²) < 4.78 is 5.23. The zero-order chi connectivity index (χ0) is 13.0. The van der Waals surface area contributed by atoms with Gasteiger partial charge in [-0.2, -0.15) is 0 Å². The minimum Gasteiger partial charge on any atom is -0.467 e. The van der Waals surface area contributed by atoms with Crippen LogP contribution in [-0.4, -0.2) is 17.4 Å². The molecule has 0 saturated heterocycles. The molecule has 96 valence electrons. The van der Waals surface area contributed by atoms with E-state index >= 15 is 0 Å². The van der Waals surface area contributed by atoms with Crippen molar-refractivity contribution >= 4 is 17.2 Å². The van der Waals surface area contributed by atoms with Gasteiger partial charge in [0.25, 0.3) is 5.91 Å². The van der Waals surface area contributed by atoms with Crippen molar-refractivity contribution in [2.45, 2.75) is 19.4 Å². The lowest BCUT2D eigenvalue weighted by molar-refractivity contribution is 0.0931. The molecule has 2 aromatic rings. The van der Waals surface area contributed by atoms with Gasteiger partial charge in [-0.15, -0.1) is 11.3 Å². The molecule has 0 unspecified atom stereocenters. The number of furan rings is 1. The van der Waals surface area contributed by atoms with Crippen LogP contribution >= 0.6 is 11.3 Å². The van der Waals surface area contributed by atoms with Gasteiger partial charge in [0.1, 0.15) is 11.5 Å². The van der Waals surface area contributed by atoms with Gasteiger partial charge >= 0.3 is 0 Å². The first-order chi connectivity index (χ1) is 8.70. The van der Waals surface area contributed by atoms with Gasteiger partial charge in [0.15, 0.2) is 0 Å². The summed E-state index contributed by atoms with van der Waals surface area (Å²) in [4.78, 5) is 16.2. The molecule has 0 spiro atoms. The first kappa shape index (κ1) is 12.8. The van der Waals surface area contributed by atoms with Crippen LogP contribution in [0.4, 0.5) is 0 Å². The van der Waals surface area contributed by atoms with Crippen molar-refractivity contribution in [2.75, 3.05) is 6.54 Å². The lowest BCUT2D eigenvalue weighted by Crippen LogP contribution is -2.26. The van der Waals surface area contributed by atoms with Gasteiger partial charge in [-0.25, -0.2) is 4.98 Å². The van der Waals surface area contributed by atoms with Crippen LogP contribution in [0.5, 0.6) is 0 Å². The summed E-state index contributed by atoms with van der Waals surface area (Å²) in [5.74, 6) is 0.527. The molecule has 0 aliphatic carbocycles. The van der Waals surface area contributed by atoms with E-state index in [9.17, 15) is 4.79 Å². The normalized spacial score (nSPS) is 12.3. The Morgan fingerprint density at radius 2 is 2.50 bits per heavy atom. The fourth-order valence-electron chi connectivity index (χ4n) is 1.53. The summed E-state index contributed by atoms with van der Waals surface area (Å²) in [6, 6.07) is 3.44. The van der Waals surface area contributed by atoms with E-state index in [0.717, 1.165) is 10.8 Å². The number of nitrogens with one attached hydrogen (secondary N) is 1. The minimum atomic E-state index is -0.196. The first-order valence-electron chi connectivity index (χ1n) is 5.69. The third-order valence-electron chi connectivity index (χ3n) is 2.46. The minimum absolute atomic E-state index is 0.174. The highest BCUT2D eigenvalue weighted by atomic mass is 32.1. The molecule has 3 N–H and O–H groups in total. The highest BCUT2D eigenvalue weighted by molar-refractivity contribution is 7.09. The van der Waals surface area contributed by atoms with Crippen LogP contribution in [0.2, 0.25) is 0 Å². The van der Waals surface area contributed by atoms with Gasteiger partial charge in [-0.1, -0.05) is 0 Å². The fraction of sp³-hybridized carbons (Fsp3) is 0.333. The molecule has 0 aliphatic heterocycles. The smallest absolute Gasteiger partial charge is 0.271 e. The number of carbonyl (C=O) groups excluding carboxylic acids is 1. The van der Waals surface area contributed by atoms with Crippen molar-refractivity contribution in [1.29, 1.82) is 0 Å². The van der Waals surface area contributed by atoms with E-state index in [1.165, 1.54) is 11.3 Å². The number of rotatable bonds is 5. The summed E-state index contributed by atoms with van der Waals surface area (Å²) in [6.07, 6.45) is 2.28. The van der Waals surface area contributed by atoms with Gasteiger partial charge in [-0.05, 0) is 25.6 Å². The maximum atomic E-state index is 11.9. The van der Waals surface area contributed by atoms with Crippen LogP contribution < -0.4 is 11.1 Å². The van der Waals surface area contributed by atoms with Gasteiger partial charge in [0.2, 0.25) is 0 Å². The number of thiazole rings is 1. The van der Waals surface area contributed by atoms with E-state index in [1.54, 1.807) is 17.7 Å². The third-order valence-corrected chi connectivity index (χ3v) is 3.37. The standard InChI is InChI=1S/C12H15N3O2S/c1-8(10-3-2-6-17-10)14-12(16)9-7-18-11(15-9)4-5-13/h2-3,6-8H,4-5,13H2,1H3,(H,14,16)/t8-/m0/s1. The molecule has 0 aliphatic rings. The highest BCUT2D eigenvalue weighted by Crippen LogP contribution is 2.14. The number of aromatic nitrogens is 1. The van der Waals surface area contributed by atoms with E-state index in [4.69, 9.17) is 10.2 Å². The van der Waals surface area contributed by atoms with Crippen LogP contribution in [0, 0.1) is 0 Å². The van der Waals surface area contributed by atoms with Gasteiger partial charge in [-0.3, -0.25) is 4.79 Å². The predicted molar refractivity (Wildman–Crippen MR) is 69.5 cm³/mol. The van der Waals surface area contributed by atoms with E-state index < -0.39 is 0 Å². The molecule has 2 heterocycles. The quantitative estimate of drug-likeness (QED) is 0.862. The lowest BCUT2D eigenvalue weighted by Gasteiger charge is -2.09. The number of nitrogens with zero attached hydrogens (tertiary/aromatic N) is 1. The molecule has 1 amide bonds. The van der Waals surface area contributed by atoms with Crippen LogP contribution in [0.15, 0.2) is 28.2 Å². The Labute approximate surface area is 109 Å². The van der Waals surface area contributed by atoms with Crippen molar-refractivity contribution in [3.8, 4) is 0 Å². The third kappa shape index (κ3) is 2.96. The Hall–Kier alpha value is -1.66. The number of hydrogen-bond donors (Lipinski definition) is 2. The number of amides is 1. The molecule has 0 fully saturated rings. The second-order valence-electron chi connectivity index (χ2n) is 3.88. The maximum Gasteiger partial charge on any atom is 0.271 e. The molecular formula is C12H15N3O2S. The van der Waals surface area contributed by atoms with Crippen LogP contribution in [0.25, 0.3) is 0 Å². The average Bonchev–Trinajstić information content (AvgIpc) is 3.00. The van der Waals surface area contributed by atoms with E-state index in [2.05, 4.69) is 10.3 Å². The summed E-state index contributed by atoms with van der Waals surface area (Å²) >= 11 is 1.45. The molecule has 18 heavy (non-hydrogen) atoms. The summed E-state index contributed by atoms with van der Waals surface area (Å²) in [7, 11) is 0.